The molecule has 0 aliphatic carbocycles. The quantitative estimate of drug-likeness (QED) is 0.157. The number of hydrogen-bond acceptors (Lipinski definition) is 8. The predicted octanol–water partition coefficient (Wildman–Crippen LogP) is 4.27. The molecule has 2 fully saturated rings. The summed E-state index contributed by atoms with van der Waals surface area (Å²) in [5.74, 6) is 0.957. The van der Waals surface area contributed by atoms with Gasteiger partial charge in [0.25, 0.3) is 0 Å². The molecule has 10 heteroatoms. The third-order valence-corrected chi connectivity index (χ3v) is 10.5. The number of nitrogens with one attached hydrogen (secondary N) is 1. The van der Waals surface area contributed by atoms with Crippen LogP contribution in [0.15, 0.2) is 97.2 Å². The van der Waals surface area contributed by atoms with E-state index in [-0.39, 0.29) is 24.5 Å². The Hall–Kier alpha value is -4.35. The van der Waals surface area contributed by atoms with Crippen molar-refractivity contribution < 1.29 is 19.4 Å². The lowest BCUT2D eigenvalue weighted by molar-refractivity contribution is -0.135. The molecule has 3 heterocycles. The largest absolute Gasteiger partial charge is 0.490 e. The number of benzene rings is 3. The molecule has 4 aromatic rings. The molecule has 6 rings (SSSR count). The van der Waals surface area contributed by atoms with E-state index in [9.17, 15) is 14.7 Å². The molecule has 1 unspecified atom stereocenters. The van der Waals surface area contributed by atoms with Gasteiger partial charge in [0.2, 0.25) is 11.8 Å². The van der Waals surface area contributed by atoms with Crippen molar-refractivity contribution in [2.24, 2.45) is 0 Å². The lowest BCUT2D eigenvalue weighted by atomic mass is 9.99. The predicted molar refractivity (Wildman–Crippen MR) is 210 cm³/mol. The SMILES string of the molecule is O=C(CN1CCN(C(=O)CN2CCN(CC(O)COc3cccc4ncccc34)CC2)CC1)NC(CCCc1ccccc1)CCCc1ccccc1. The summed E-state index contributed by atoms with van der Waals surface area (Å²) in [6.45, 7) is 7.37. The molecule has 0 bridgehead atoms. The van der Waals surface area contributed by atoms with Crippen molar-refractivity contribution in [3.05, 3.63) is 108 Å². The molecule has 0 radical (unpaired) electrons. The fourth-order valence-electron chi connectivity index (χ4n) is 7.47. The number of carbonyl (C=O) groups excluding carboxylic acids is 2. The number of piperazine rings is 2. The number of β-amino-alcohol motifs (C(OH)–C–C–N with tert-alkyl or cyclic N) is 1. The van der Waals surface area contributed by atoms with E-state index >= 15 is 0 Å². The van der Waals surface area contributed by atoms with E-state index in [2.05, 4.69) is 73.5 Å². The number of aliphatic hydroxyl groups is 1. The zero-order chi connectivity index (χ0) is 36.7. The van der Waals surface area contributed by atoms with Gasteiger partial charge in [-0.3, -0.25) is 29.3 Å². The van der Waals surface area contributed by atoms with Gasteiger partial charge in [0.1, 0.15) is 18.5 Å². The van der Waals surface area contributed by atoms with E-state index in [1.165, 1.54) is 11.1 Å². The highest BCUT2D eigenvalue weighted by molar-refractivity contribution is 5.84. The lowest BCUT2D eigenvalue weighted by Gasteiger charge is -2.38. The van der Waals surface area contributed by atoms with Crippen LogP contribution in [0, 0.1) is 0 Å². The van der Waals surface area contributed by atoms with Gasteiger partial charge in [0, 0.05) is 76.5 Å². The van der Waals surface area contributed by atoms with Crippen molar-refractivity contribution in [3.8, 4) is 5.75 Å². The van der Waals surface area contributed by atoms with Crippen LogP contribution in [0.2, 0.25) is 0 Å². The highest BCUT2D eigenvalue weighted by atomic mass is 16.5. The average Bonchev–Trinajstić information content (AvgIpc) is 3.19. The summed E-state index contributed by atoms with van der Waals surface area (Å²) in [7, 11) is 0. The maximum absolute atomic E-state index is 13.2. The minimum Gasteiger partial charge on any atom is -0.490 e. The number of nitrogens with zero attached hydrogens (tertiary/aromatic N) is 5. The molecule has 2 saturated heterocycles. The van der Waals surface area contributed by atoms with Gasteiger partial charge >= 0.3 is 0 Å². The minimum atomic E-state index is -0.612. The van der Waals surface area contributed by atoms with Crippen LogP contribution in [0.25, 0.3) is 10.9 Å². The molecule has 1 atom stereocenters. The van der Waals surface area contributed by atoms with Crippen molar-refractivity contribution in [1.82, 2.24) is 29.9 Å². The van der Waals surface area contributed by atoms with Crippen molar-refractivity contribution in [3.63, 3.8) is 0 Å². The van der Waals surface area contributed by atoms with Crippen LogP contribution in [0.3, 0.4) is 0 Å². The van der Waals surface area contributed by atoms with Crippen molar-refractivity contribution in [2.45, 2.75) is 50.7 Å². The number of aryl methyl sites for hydroxylation is 2. The Labute approximate surface area is 314 Å². The van der Waals surface area contributed by atoms with Crippen LogP contribution in [-0.4, -0.2) is 132 Å². The number of rotatable bonds is 18. The van der Waals surface area contributed by atoms with Gasteiger partial charge in [-0.1, -0.05) is 66.7 Å². The Morgan fingerprint density at radius 3 is 1.96 bits per heavy atom. The first-order valence-electron chi connectivity index (χ1n) is 19.4. The molecular formula is C43H56N6O4. The third-order valence-electron chi connectivity index (χ3n) is 10.5. The van der Waals surface area contributed by atoms with Gasteiger partial charge in [0.05, 0.1) is 18.6 Å². The Kier molecular flexibility index (Phi) is 14.6. The van der Waals surface area contributed by atoms with Crippen LogP contribution in [0.5, 0.6) is 5.75 Å². The summed E-state index contributed by atoms with van der Waals surface area (Å²) < 4.78 is 5.96. The molecule has 2 amide bonds. The summed E-state index contributed by atoms with van der Waals surface area (Å²) in [5, 5.41) is 15.0. The van der Waals surface area contributed by atoms with E-state index in [4.69, 9.17) is 4.74 Å². The zero-order valence-electron chi connectivity index (χ0n) is 31.0. The number of ether oxygens (including phenoxy) is 1. The fourth-order valence-corrected chi connectivity index (χ4v) is 7.47. The Morgan fingerprint density at radius 2 is 1.30 bits per heavy atom. The Balaban J connectivity index is 0.865. The second-order valence-electron chi connectivity index (χ2n) is 14.5. The van der Waals surface area contributed by atoms with Crippen LogP contribution in [0.4, 0.5) is 0 Å². The first-order valence-corrected chi connectivity index (χ1v) is 19.4. The molecule has 0 saturated carbocycles. The Morgan fingerprint density at radius 1 is 0.698 bits per heavy atom. The number of pyridine rings is 1. The van der Waals surface area contributed by atoms with Crippen molar-refractivity contribution in [1.29, 1.82) is 0 Å². The first kappa shape index (κ1) is 38.4. The molecule has 2 aliphatic heterocycles. The molecular weight excluding hydrogens is 665 g/mol. The van der Waals surface area contributed by atoms with Crippen LogP contribution >= 0.6 is 0 Å². The number of carbonyl (C=O) groups is 2. The van der Waals surface area contributed by atoms with E-state index in [0.717, 1.165) is 81.4 Å². The monoisotopic (exact) mass is 720 g/mol. The van der Waals surface area contributed by atoms with E-state index in [1.54, 1.807) is 6.20 Å². The maximum atomic E-state index is 13.2. The molecule has 10 nitrogen and oxygen atoms in total. The topological polar surface area (TPSA) is 101 Å². The maximum Gasteiger partial charge on any atom is 0.236 e. The van der Waals surface area contributed by atoms with Crippen molar-refractivity contribution >= 4 is 22.7 Å². The highest BCUT2D eigenvalue weighted by Crippen LogP contribution is 2.24. The van der Waals surface area contributed by atoms with Gasteiger partial charge in [-0.05, 0) is 73.9 Å². The standard InChI is InChI=1S/C43H56N6O4/c50-38(34-53-41-21-9-20-40-39(41)19-10-22-44-40)31-46-23-25-48(26-24-46)33-43(52)49-29-27-47(28-30-49)32-42(51)45-37(17-7-15-35-11-3-1-4-12-35)18-8-16-36-13-5-2-6-14-36/h1-6,9-14,19-22,37-38,50H,7-8,15-18,23-34H2,(H,45,51). The third kappa shape index (κ3) is 12.4. The molecule has 2 N–H and O–H groups in total. The minimum absolute atomic E-state index is 0.0783. The molecule has 282 valence electrons. The fraction of sp³-hybridized carbons (Fsp3) is 0.465. The zero-order valence-corrected chi connectivity index (χ0v) is 31.0. The van der Waals surface area contributed by atoms with Gasteiger partial charge in [-0.2, -0.15) is 0 Å². The van der Waals surface area contributed by atoms with Crippen LogP contribution in [0.1, 0.15) is 36.8 Å². The number of aromatic nitrogens is 1. The second-order valence-corrected chi connectivity index (χ2v) is 14.5. The highest BCUT2D eigenvalue weighted by Gasteiger charge is 2.26. The summed E-state index contributed by atoms with van der Waals surface area (Å²) >= 11 is 0. The molecule has 53 heavy (non-hydrogen) atoms. The van der Waals surface area contributed by atoms with E-state index < -0.39 is 6.10 Å². The number of fused-ring (bicyclic) bond motifs is 1. The summed E-state index contributed by atoms with van der Waals surface area (Å²) in [6, 6.07) is 30.9. The van der Waals surface area contributed by atoms with Crippen molar-refractivity contribution in [2.75, 3.05) is 78.6 Å². The van der Waals surface area contributed by atoms with Gasteiger partial charge in [-0.15, -0.1) is 0 Å². The van der Waals surface area contributed by atoms with Crippen LogP contribution < -0.4 is 10.1 Å². The normalized spacial score (nSPS) is 16.5. The van der Waals surface area contributed by atoms with Gasteiger partial charge in [0.15, 0.2) is 0 Å². The van der Waals surface area contributed by atoms with Crippen LogP contribution in [-0.2, 0) is 22.4 Å². The van der Waals surface area contributed by atoms with E-state index in [0.29, 0.717) is 45.8 Å². The van der Waals surface area contributed by atoms with E-state index in [1.807, 2.05) is 47.4 Å². The second kappa shape index (κ2) is 20.2. The Bertz CT molecular complexity index is 1640. The average molecular weight is 721 g/mol. The first-order chi connectivity index (χ1) is 26.0. The number of hydrogen-bond donors (Lipinski definition) is 2. The summed E-state index contributed by atoms with van der Waals surface area (Å²) in [4.78, 5) is 39.4. The summed E-state index contributed by atoms with van der Waals surface area (Å²) in [5.41, 5.74) is 3.55. The number of aliphatic hydroxyl groups excluding tert-OH is 1. The lowest BCUT2D eigenvalue weighted by Crippen LogP contribution is -2.55. The molecule has 2 aliphatic rings. The van der Waals surface area contributed by atoms with Gasteiger partial charge in [-0.25, -0.2) is 0 Å². The smallest absolute Gasteiger partial charge is 0.236 e. The molecule has 1 aromatic heterocycles. The summed E-state index contributed by atoms with van der Waals surface area (Å²) in [6.07, 6.45) is 7.19. The molecule has 3 aromatic carbocycles. The number of amides is 2. The van der Waals surface area contributed by atoms with Gasteiger partial charge < -0.3 is 20.1 Å². The molecule has 0 spiro atoms.